The van der Waals surface area contributed by atoms with Crippen LogP contribution in [0.4, 0.5) is 0 Å². The number of aliphatic hydroxyl groups is 1. The minimum atomic E-state index is 0.228. The molecular formula is C11H24N2O. The van der Waals surface area contributed by atoms with Crippen molar-refractivity contribution in [1.29, 1.82) is 0 Å². The van der Waals surface area contributed by atoms with E-state index in [0.717, 1.165) is 39.0 Å². The quantitative estimate of drug-likeness (QED) is 0.701. The van der Waals surface area contributed by atoms with Crippen LogP contribution in [0.1, 0.15) is 26.7 Å². The summed E-state index contributed by atoms with van der Waals surface area (Å²) in [5.41, 5.74) is 5.94. The van der Waals surface area contributed by atoms with Gasteiger partial charge in [-0.05, 0) is 43.8 Å². The summed E-state index contributed by atoms with van der Waals surface area (Å²) in [5.74, 6) is 0.534. The van der Waals surface area contributed by atoms with E-state index in [1.807, 2.05) is 0 Å². The third-order valence-corrected chi connectivity index (χ3v) is 3.17. The smallest absolute Gasteiger partial charge is 0.0460 e. The van der Waals surface area contributed by atoms with E-state index in [1.54, 1.807) is 0 Å². The zero-order valence-electron chi connectivity index (χ0n) is 9.50. The third kappa shape index (κ3) is 3.56. The van der Waals surface area contributed by atoms with Crippen LogP contribution < -0.4 is 5.73 Å². The fraction of sp³-hybridized carbons (Fsp3) is 1.00. The Kier molecular flexibility index (Phi) is 4.35. The predicted molar refractivity (Wildman–Crippen MR) is 59.1 cm³/mol. The number of nitrogens with two attached hydrogens (primary N) is 1. The highest BCUT2D eigenvalue weighted by molar-refractivity contribution is 4.78. The summed E-state index contributed by atoms with van der Waals surface area (Å²) in [4.78, 5) is 2.47. The van der Waals surface area contributed by atoms with E-state index >= 15 is 0 Å². The van der Waals surface area contributed by atoms with Crippen molar-refractivity contribution in [2.75, 3.05) is 32.8 Å². The van der Waals surface area contributed by atoms with Crippen molar-refractivity contribution in [3.05, 3.63) is 0 Å². The van der Waals surface area contributed by atoms with Gasteiger partial charge < -0.3 is 15.7 Å². The predicted octanol–water partition coefficient (Wildman–Crippen LogP) is 0.676. The van der Waals surface area contributed by atoms with Crippen LogP contribution in [0.2, 0.25) is 0 Å². The van der Waals surface area contributed by atoms with Crippen LogP contribution in [0, 0.1) is 11.3 Å². The lowest BCUT2D eigenvalue weighted by Crippen LogP contribution is -2.43. The van der Waals surface area contributed by atoms with Gasteiger partial charge in [0, 0.05) is 13.2 Å². The summed E-state index contributed by atoms with van der Waals surface area (Å²) in [7, 11) is 0. The summed E-state index contributed by atoms with van der Waals surface area (Å²) >= 11 is 0. The summed E-state index contributed by atoms with van der Waals surface area (Å²) in [6, 6.07) is 0. The maximum absolute atomic E-state index is 9.02. The lowest BCUT2D eigenvalue weighted by atomic mass is 9.90. The number of hydrogen-bond acceptors (Lipinski definition) is 3. The first-order valence-corrected chi connectivity index (χ1v) is 5.61. The van der Waals surface area contributed by atoms with Crippen molar-refractivity contribution in [3.63, 3.8) is 0 Å². The van der Waals surface area contributed by atoms with Crippen LogP contribution >= 0.6 is 0 Å². The molecule has 0 amide bonds. The van der Waals surface area contributed by atoms with Gasteiger partial charge in [0.05, 0.1) is 0 Å². The lowest BCUT2D eigenvalue weighted by molar-refractivity contribution is 0.103. The SMILES string of the molecule is CC(C)(CN)CN1CCC(CO)CC1. The van der Waals surface area contributed by atoms with Gasteiger partial charge in [0.25, 0.3) is 0 Å². The molecule has 84 valence electrons. The maximum atomic E-state index is 9.02. The Bertz CT molecular complexity index is 163. The molecule has 3 nitrogen and oxygen atoms in total. The first-order valence-electron chi connectivity index (χ1n) is 5.61. The Labute approximate surface area is 87.3 Å². The van der Waals surface area contributed by atoms with E-state index in [-0.39, 0.29) is 5.41 Å². The Morgan fingerprint density at radius 3 is 2.36 bits per heavy atom. The van der Waals surface area contributed by atoms with Crippen LogP contribution in [0.3, 0.4) is 0 Å². The number of hydrogen-bond donors (Lipinski definition) is 2. The molecule has 1 saturated heterocycles. The molecule has 0 aromatic rings. The Balaban J connectivity index is 2.28. The topological polar surface area (TPSA) is 49.5 Å². The number of nitrogens with zero attached hydrogens (tertiary/aromatic N) is 1. The molecule has 0 saturated carbocycles. The van der Waals surface area contributed by atoms with Gasteiger partial charge >= 0.3 is 0 Å². The van der Waals surface area contributed by atoms with Gasteiger partial charge in [-0.3, -0.25) is 0 Å². The average molecular weight is 200 g/mol. The zero-order chi connectivity index (χ0) is 10.6. The fourth-order valence-corrected chi connectivity index (χ4v) is 2.00. The second-order valence-corrected chi connectivity index (χ2v) is 5.27. The average Bonchev–Trinajstić information content (AvgIpc) is 2.19. The molecule has 0 aliphatic carbocycles. The lowest BCUT2D eigenvalue weighted by Gasteiger charge is -2.36. The molecule has 0 spiro atoms. The van der Waals surface area contributed by atoms with E-state index in [9.17, 15) is 0 Å². The molecule has 1 heterocycles. The Hall–Kier alpha value is -0.120. The standard InChI is InChI=1S/C11H24N2O/c1-11(2,8-12)9-13-5-3-10(7-14)4-6-13/h10,14H,3-9,12H2,1-2H3. The zero-order valence-corrected chi connectivity index (χ0v) is 9.50. The minimum absolute atomic E-state index is 0.228. The maximum Gasteiger partial charge on any atom is 0.0460 e. The van der Waals surface area contributed by atoms with Crippen molar-refractivity contribution in [3.8, 4) is 0 Å². The van der Waals surface area contributed by atoms with Crippen molar-refractivity contribution >= 4 is 0 Å². The number of rotatable bonds is 4. The number of aliphatic hydroxyl groups excluding tert-OH is 1. The second kappa shape index (κ2) is 5.10. The highest BCUT2D eigenvalue weighted by atomic mass is 16.3. The first-order chi connectivity index (χ1) is 6.57. The molecule has 1 aliphatic rings. The third-order valence-electron chi connectivity index (χ3n) is 3.17. The summed E-state index contributed by atoms with van der Waals surface area (Å²) in [6.45, 7) is 8.85. The molecule has 0 aromatic heterocycles. The fourth-order valence-electron chi connectivity index (χ4n) is 2.00. The Morgan fingerprint density at radius 1 is 1.36 bits per heavy atom. The molecule has 0 atom stereocenters. The van der Waals surface area contributed by atoms with Crippen molar-refractivity contribution < 1.29 is 5.11 Å². The van der Waals surface area contributed by atoms with Crippen LogP contribution in [-0.4, -0.2) is 42.8 Å². The van der Waals surface area contributed by atoms with E-state index < -0.39 is 0 Å². The Morgan fingerprint density at radius 2 is 1.93 bits per heavy atom. The molecule has 3 heteroatoms. The molecule has 0 unspecified atom stereocenters. The monoisotopic (exact) mass is 200 g/mol. The molecule has 3 N–H and O–H groups in total. The van der Waals surface area contributed by atoms with Crippen LogP contribution in [0.5, 0.6) is 0 Å². The highest BCUT2D eigenvalue weighted by Crippen LogP contribution is 2.21. The van der Waals surface area contributed by atoms with Gasteiger partial charge in [0.15, 0.2) is 0 Å². The number of likely N-dealkylation sites (tertiary alicyclic amines) is 1. The van der Waals surface area contributed by atoms with E-state index in [2.05, 4.69) is 18.7 Å². The largest absolute Gasteiger partial charge is 0.396 e. The number of piperidine rings is 1. The van der Waals surface area contributed by atoms with Gasteiger partial charge in [0.2, 0.25) is 0 Å². The highest BCUT2D eigenvalue weighted by Gasteiger charge is 2.24. The van der Waals surface area contributed by atoms with E-state index in [4.69, 9.17) is 10.8 Å². The second-order valence-electron chi connectivity index (χ2n) is 5.27. The molecule has 1 fully saturated rings. The molecule has 1 rings (SSSR count). The minimum Gasteiger partial charge on any atom is -0.396 e. The van der Waals surface area contributed by atoms with Crippen molar-refractivity contribution in [1.82, 2.24) is 4.90 Å². The molecule has 0 radical (unpaired) electrons. The van der Waals surface area contributed by atoms with Gasteiger partial charge in [-0.15, -0.1) is 0 Å². The summed E-state index contributed by atoms with van der Waals surface area (Å²) < 4.78 is 0. The molecule has 0 bridgehead atoms. The molecule has 14 heavy (non-hydrogen) atoms. The summed E-state index contributed by atoms with van der Waals surface area (Å²) in [5, 5.41) is 9.02. The van der Waals surface area contributed by atoms with Crippen LogP contribution in [0.15, 0.2) is 0 Å². The van der Waals surface area contributed by atoms with Crippen molar-refractivity contribution in [2.45, 2.75) is 26.7 Å². The van der Waals surface area contributed by atoms with E-state index in [0.29, 0.717) is 12.5 Å². The van der Waals surface area contributed by atoms with Crippen LogP contribution in [0.25, 0.3) is 0 Å². The van der Waals surface area contributed by atoms with Gasteiger partial charge in [-0.1, -0.05) is 13.8 Å². The first kappa shape index (κ1) is 12.0. The van der Waals surface area contributed by atoms with Gasteiger partial charge in [-0.2, -0.15) is 0 Å². The van der Waals surface area contributed by atoms with Gasteiger partial charge in [-0.25, -0.2) is 0 Å². The van der Waals surface area contributed by atoms with E-state index in [1.165, 1.54) is 0 Å². The summed E-state index contributed by atoms with van der Waals surface area (Å²) in [6.07, 6.45) is 2.27. The van der Waals surface area contributed by atoms with Crippen molar-refractivity contribution in [2.24, 2.45) is 17.1 Å². The van der Waals surface area contributed by atoms with Gasteiger partial charge in [0.1, 0.15) is 0 Å². The molecule has 0 aromatic carbocycles. The van der Waals surface area contributed by atoms with Crippen LogP contribution in [-0.2, 0) is 0 Å². The molecular weight excluding hydrogens is 176 g/mol. The molecule has 1 aliphatic heterocycles. The normalized spacial score (nSPS) is 21.4.